The number of hydrogen-bond acceptors (Lipinski definition) is 4. The zero-order valence-corrected chi connectivity index (χ0v) is 9.51. The van der Waals surface area contributed by atoms with Gasteiger partial charge in [-0.3, -0.25) is 4.79 Å². The Kier molecular flexibility index (Phi) is 4.52. The van der Waals surface area contributed by atoms with Gasteiger partial charge in [0.05, 0.1) is 12.5 Å². The molecule has 0 aliphatic carbocycles. The first kappa shape index (κ1) is 15.0. The molecule has 0 spiro atoms. The second kappa shape index (κ2) is 5.72. The Morgan fingerprint density at radius 1 is 1.21 bits per heavy atom. The molecule has 0 aliphatic rings. The molecule has 5 N–H and O–H groups in total. The van der Waals surface area contributed by atoms with Crippen molar-refractivity contribution in [1.82, 2.24) is 0 Å². The first-order chi connectivity index (χ1) is 8.73. The van der Waals surface area contributed by atoms with Crippen molar-refractivity contribution in [2.75, 3.05) is 0 Å². The molecular formula is C11H11F2NO5. The Morgan fingerprint density at radius 3 is 2.05 bits per heavy atom. The highest BCUT2D eigenvalue weighted by atomic mass is 19.1. The summed E-state index contributed by atoms with van der Waals surface area (Å²) in [5, 5.41) is 27.5. The Bertz CT molecular complexity index is 497. The van der Waals surface area contributed by atoms with Crippen LogP contribution >= 0.6 is 0 Å². The van der Waals surface area contributed by atoms with Crippen LogP contribution in [0.4, 0.5) is 8.78 Å². The lowest BCUT2D eigenvalue weighted by atomic mass is 10.00. The first-order valence-electron chi connectivity index (χ1n) is 5.10. The largest absolute Gasteiger partial charge is 0.477 e. The van der Waals surface area contributed by atoms with Gasteiger partial charge in [-0.1, -0.05) is 0 Å². The normalized spacial score (nSPS) is 13.9. The Balaban J connectivity index is 3.09. The van der Waals surface area contributed by atoms with E-state index in [1.165, 1.54) is 0 Å². The number of benzene rings is 1. The van der Waals surface area contributed by atoms with Crippen LogP contribution in [0.1, 0.15) is 28.4 Å². The number of amides is 1. The van der Waals surface area contributed by atoms with Crippen molar-refractivity contribution in [3.8, 4) is 0 Å². The van der Waals surface area contributed by atoms with Gasteiger partial charge in [-0.15, -0.1) is 0 Å². The highest BCUT2D eigenvalue weighted by Crippen LogP contribution is 2.23. The predicted molar refractivity (Wildman–Crippen MR) is 58.1 cm³/mol. The maximum atomic E-state index is 13.3. The molecule has 0 radical (unpaired) electrons. The summed E-state index contributed by atoms with van der Waals surface area (Å²) in [7, 11) is 0. The molecule has 1 amide bonds. The molecule has 8 heteroatoms. The zero-order chi connectivity index (χ0) is 14.7. The maximum Gasteiger partial charge on any atom is 0.341 e. The number of carboxylic acids is 1. The van der Waals surface area contributed by atoms with Gasteiger partial charge in [0.25, 0.3) is 0 Å². The van der Waals surface area contributed by atoms with Crippen LogP contribution in [-0.4, -0.2) is 33.3 Å². The summed E-state index contributed by atoms with van der Waals surface area (Å²) in [5.74, 6) is -5.50. The van der Waals surface area contributed by atoms with E-state index in [9.17, 15) is 28.6 Å². The summed E-state index contributed by atoms with van der Waals surface area (Å²) < 4.78 is 26.7. The Hall–Kier alpha value is -2.06. The molecule has 2 unspecified atom stereocenters. The molecule has 0 saturated carbocycles. The molecule has 1 rings (SSSR count). The van der Waals surface area contributed by atoms with Crippen LogP contribution in [0.5, 0.6) is 0 Å². The van der Waals surface area contributed by atoms with Crippen LogP contribution in [0.25, 0.3) is 0 Å². The smallest absolute Gasteiger partial charge is 0.341 e. The molecule has 104 valence electrons. The third-order valence-corrected chi connectivity index (χ3v) is 2.39. The minimum absolute atomic E-state index is 0.395. The summed E-state index contributed by atoms with van der Waals surface area (Å²) in [4.78, 5) is 21.1. The van der Waals surface area contributed by atoms with Gasteiger partial charge in [-0.25, -0.2) is 13.6 Å². The summed E-state index contributed by atoms with van der Waals surface area (Å²) in [6.45, 7) is 0. The third kappa shape index (κ3) is 3.46. The van der Waals surface area contributed by atoms with Crippen LogP contribution in [0, 0.1) is 11.6 Å². The number of halogens is 2. The number of aromatic carboxylic acids is 1. The number of nitrogens with two attached hydrogens (primary N) is 1. The second-order valence-electron chi connectivity index (χ2n) is 3.85. The molecule has 0 saturated heterocycles. The van der Waals surface area contributed by atoms with E-state index in [1.54, 1.807) is 0 Å². The number of carbonyl (C=O) groups excluding carboxylic acids is 1. The number of hydrogen-bond donors (Lipinski definition) is 4. The quantitative estimate of drug-likeness (QED) is 0.599. The number of rotatable bonds is 5. The summed E-state index contributed by atoms with van der Waals surface area (Å²) in [6.07, 6.45) is -4.02. The minimum Gasteiger partial charge on any atom is -0.477 e. The molecule has 0 aromatic heterocycles. The fraction of sp³-hybridized carbons (Fsp3) is 0.273. The van der Waals surface area contributed by atoms with E-state index in [0.717, 1.165) is 0 Å². The number of aliphatic hydroxyl groups is 2. The molecule has 0 bridgehead atoms. The molecule has 0 fully saturated rings. The van der Waals surface area contributed by atoms with E-state index < -0.39 is 53.3 Å². The van der Waals surface area contributed by atoms with Crippen LogP contribution < -0.4 is 5.73 Å². The SMILES string of the molecule is NC(=O)CC(O)C(O)c1cc(F)c(C(=O)O)c(F)c1. The lowest BCUT2D eigenvalue weighted by molar-refractivity contribution is -0.121. The second-order valence-corrected chi connectivity index (χ2v) is 3.85. The molecule has 2 atom stereocenters. The fourth-order valence-corrected chi connectivity index (χ4v) is 1.51. The van der Waals surface area contributed by atoms with E-state index in [4.69, 9.17) is 10.8 Å². The summed E-state index contributed by atoms with van der Waals surface area (Å²) in [6, 6.07) is 1.14. The van der Waals surface area contributed by atoms with Crippen molar-refractivity contribution in [3.05, 3.63) is 34.9 Å². The lowest BCUT2D eigenvalue weighted by Crippen LogP contribution is -2.26. The average molecular weight is 275 g/mol. The number of aliphatic hydroxyl groups excluding tert-OH is 2. The van der Waals surface area contributed by atoms with Gasteiger partial charge in [0.1, 0.15) is 23.3 Å². The van der Waals surface area contributed by atoms with Crippen molar-refractivity contribution >= 4 is 11.9 Å². The van der Waals surface area contributed by atoms with Crippen molar-refractivity contribution < 1.29 is 33.7 Å². The zero-order valence-electron chi connectivity index (χ0n) is 9.51. The molecule has 6 nitrogen and oxygen atoms in total. The van der Waals surface area contributed by atoms with Crippen molar-refractivity contribution in [1.29, 1.82) is 0 Å². The van der Waals surface area contributed by atoms with E-state index in [1.807, 2.05) is 0 Å². The predicted octanol–water partition coefficient (Wildman–Crippen LogP) is -0.0673. The van der Waals surface area contributed by atoms with Gasteiger partial charge >= 0.3 is 5.97 Å². The summed E-state index contributed by atoms with van der Waals surface area (Å²) >= 11 is 0. The molecule has 0 aliphatic heterocycles. The molecule has 19 heavy (non-hydrogen) atoms. The van der Waals surface area contributed by atoms with Gasteiger partial charge in [-0.05, 0) is 17.7 Å². The van der Waals surface area contributed by atoms with Gasteiger partial charge in [0.15, 0.2) is 0 Å². The Labute approximate surface area is 106 Å². The van der Waals surface area contributed by atoms with E-state index in [2.05, 4.69) is 0 Å². The molecule has 1 aromatic carbocycles. The summed E-state index contributed by atoms with van der Waals surface area (Å²) in [5.41, 5.74) is 3.24. The topological polar surface area (TPSA) is 121 Å². The molecule has 0 heterocycles. The third-order valence-electron chi connectivity index (χ3n) is 2.39. The van der Waals surface area contributed by atoms with Crippen LogP contribution in [0.15, 0.2) is 12.1 Å². The molecular weight excluding hydrogens is 264 g/mol. The van der Waals surface area contributed by atoms with Crippen LogP contribution in [0.2, 0.25) is 0 Å². The highest BCUT2D eigenvalue weighted by Gasteiger charge is 2.25. The van der Waals surface area contributed by atoms with Crippen LogP contribution in [0.3, 0.4) is 0 Å². The van der Waals surface area contributed by atoms with Crippen LogP contribution in [-0.2, 0) is 4.79 Å². The Morgan fingerprint density at radius 2 is 1.68 bits per heavy atom. The number of carboxylic acid groups (broad SMARTS) is 1. The van der Waals surface area contributed by atoms with Gasteiger partial charge < -0.3 is 21.1 Å². The van der Waals surface area contributed by atoms with Gasteiger partial charge in [0.2, 0.25) is 5.91 Å². The van der Waals surface area contributed by atoms with Gasteiger partial charge in [-0.2, -0.15) is 0 Å². The van der Waals surface area contributed by atoms with Crippen molar-refractivity contribution in [2.45, 2.75) is 18.6 Å². The number of carbonyl (C=O) groups is 2. The standard InChI is InChI=1S/C11H11F2NO5/c12-5-1-4(2-6(13)9(5)11(18)19)10(17)7(15)3-8(14)16/h1-2,7,10,15,17H,3H2,(H2,14,16)(H,18,19). The first-order valence-corrected chi connectivity index (χ1v) is 5.10. The monoisotopic (exact) mass is 275 g/mol. The maximum absolute atomic E-state index is 13.3. The lowest BCUT2D eigenvalue weighted by Gasteiger charge is -2.17. The van der Waals surface area contributed by atoms with E-state index in [0.29, 0.717) is 12.1 Å². The van der Waals surface area contributed by atoms with E-state index in [-0.39, 0.29) is 0 Å². The van der Waals surface area contributed by atoms with Crippen molar-refractivity contribution in [3.63, 3.8) is 0 Å². The highest BCUT2D eigenvalue weighted by molar-refractivity contribution is 5.88. The van der Waals surface area contributed by atoms with Crippen molar-refractivity contribution in [2.24, 2.45) is 5.73 Å². The minimum atomic E-state index is -1.80. The average Bonchev–Trinajstić information content (AvgIpc) is 2.25. The molecule has 1 aromatic rings. The number of primary amides is 1. The fourth-order valence-electron chi connectivity index (χ4n) is 1.51. The van der Waals surface area contributed by atoms with E-state index >= 15 is 0 Å². The van der Waals surface area contributed by atoms with Gasteiger partial charge in [0, 0.05) is 0 Å².